The molecule has 0 saturated carbocycles. The fraction of sp³-hybridized carbons (Fsp3) is 0.133. The summed E-state index contributed by atoms with van der Waals surface area (Å²) in [5.41, 5.74) is 9.07. The van der Waals surface area contributed by atoms with Gasteiger partial charge in [-0.05, 0) is 43.2 Å². The Morgan fingerprint density at radius 1 is 1.10 bits per heavy atom. The van der Waals surface area contributed by atoms with Gasteiger partial charge in [0.15, 0.2) is 0 Å². The number of rotatable bonds is 2. The predicted molar refractivity (Wildman–Crippen MR) is 92.4 cm³/mol. The number of nitrogens with two attached hydrogens (primary N) is 1. The van der Waals surface area contributed by atoms with E-state index in [9.17, 15) is 4.79 Å². The van der Waals surface area contributed by atoms with Gasteiger partial charge in [0.05, 0.1) is 15.7 Å². The molecule has 0 aliphatic heterocycles. The first-order valence-electron chi connectivity index (χ1n) is 6.12. The molecule has 1 amide bonds. The van der Waals surface area contributed by atoms with Crippen LogP contribution >= 0.6 is 39.1 Å². The second-order valence-corrected chi connectivity index (χ2v) is 6.45. The first-order chi connectivity index (χ1) is 9.79. The first kappa shape index (κ1) is 16.1. The van der Waals surface area contributed by atoms with E-state index in [1.165, 1.54) is 0 Å². The van der Waals surface area contributed by atoms with Gasteiger partial charge >= 0.3 is 0 Å². The molecule has 0 heterocycles. The van der Waals surface area contributed by atoms with Gasteiger partial charge in [0, 0.05) is 15.7 Å². The van der Waals surface area contributed by atoms with Crippen LogP contribution in [0.15, 0.2) is 28.7 Å². The van der Waals surface area contributed by atoms with Gasteiger partial charge in [-0.25, -0.2) is 0 Å². The molecule has 0 radical (unpaired) electrons. The molecular formula is C15H13BrCl2N2O. The third kappa shape index (κ3) is 3.51. The molecule has 0 aliphatic rings. The molecule has 0 bridgehead atoms. The van der Waals surface area contributed by atoms with Crippen molar-refractivity contribution < 1.29 is 4.79 Å². The largest absolute Gasteiger partial charge is 0.398 e. The van der Waals surface area contributed by atoms with Crippen LogP contribution in [-0.2, 0) is 0 Å². The van der Waals surface area contributed by atoms with Crippen molar-refractivity contribution in [3.05, 3.63) is 55.5 Å². The van der Waals surface area contributed by atoms with Gasteiger partial charge < -0.3 is 11.1 Å². The Labute approximate surface area is 141 Å². The number of nitrogen functional groups attached to an aromatic ring is 1. The highest BCUT2D eigenvalue weighted by molar-refractivity contribution is 9.10. The Morgan fingerprint density at radius 3 is 2.24 bits per heavy atom. The van der Waals surface area contributed by atoms with Gasteiger partial charge in [-0.2, -0.15) is 0 Å². The van der Waals surface area contributed by atoms with Crippen LogP contribution in [0, 0.1) is 13.8 Å². The van der Waals surface area contributed by atoms with Crippen LogP contribution in [0.1, 0.15) is 21.5 Å². The van der Waals surface area contributed by atoms with Crippen molar-refractivity contribution >= 4 is 56.4 Å². The van der Waals surface area contributed by atoms with E-state index in [0.717, 1.165) is 15.6 Å². The lowest BCUT2D eigenvalue weighted by molar-refractivity contribution is 0.102. The molecule has 2 rings (SSSR count). The molecule has 3 nitrogen and oxygen atoms in total. The Balaban J connectivity index is 2.37. The number of benzene rings is 2. The van der Waals surface area contributed by atoms with E-state index < -0.39 is 0 Å². The van der Waals surface area contributed by atoms with Gasteiger partial charge in [0.1, 0.15) is 0 Å². The maximum atomic E-state index is 12.4. The highest BCUT2D eigenvalue weighted by Gasteiger charge is 2.15. The van der Waals surface area contributed by atoms with Gasteiger partial charge in [-0.15, -0.1) is 0 Å². The van der Waals surface area contributed by atoms with Crippen LogP contribution in [0.25, 0.3) is 0 Å². The maximum absolute atomic E-state index is 12.4. The number of aryl methyl sites for hydroxylation is 2. The molecule has 21 heavy (non-hydrogen) atoms. The Hall–Kier alpha value is -1.23. The fourth-order valence-electron chi connectivity index (χ4n) is 1.96. The number of nitrogens with one attached hydrogen (secondary N) is 1. The summed E-state index contributed by atoms with van der Waals surface area (Å²) in [6.07, 6.45) is 0. The molecule has 0 fully saturated rings. The summed E-state index contributed by atoms with van der Waals surface area (Å²) in [6, 6.07) is 6.86. The standard InChI is InChI=1S/C15H13BrCl2N2O/c1-7-3-8(2)13(19)6-10(7)15(21)20-14-11(17)4-9(16)5-12(14)18/h3-6H,19H2,1-2H3,(H,20,21). The third-order valence-corrected chi connectivity index (χ3v) is 4.16. The fourth-order valence-corrected chi connectivity index (χ4v) is 3.26. The molecule has 0 saturated heterocycles. The molecule has 0 aromatic heterocycles. The van der Waals surface area contributed by atoms with Crippen molar-refractivity contribution in [1.82, 2.24) is 0 Å². The zero-order valence-corrected chi connectivity index (χ0v) is 14.5. The average molecular weight is 388 g/mol. The molecular weight excluding hydrogens is 375 g/mol. The van der Waals surface area contributed by atoms with Crippen LogP contribution in [0.3, 0.4) is 0 Å². The van der Waals surface area contributed by atoms with Crippen LogP contribution in [0.2, 0.25) is 10.0 Å². The normalized spacial score (nSPS) is 10.5. The smallest absolute Gasteiger partial charge is 0.256 e. The zero-order valence-electron chi connectivity index (χ0n) is 11.4. The van der Waals surface area contributed by atoms with Crippen molar-refractivity contribution in [3.63, 3.8) is 0 Å². The predicted octanol–water partition coefficient (Wildman–Crippen LogP) is 5.21. The topological polar surface area (TPSA) is 55.1 Å². The number of hydrogen-bond acceptors (Lipinski definition) is 2. The average Bonchev–Trinajstić information content (AvgIpc) is 2.37. The van der Waals surface area contributed by atoms with Gasteiger partial charge in [-0.3, -0.25) is 4.79 Å². The van der Waals surface area contributed by atoms with E-state index in [4.69, 9.17) is 28.9 Å². The third-order valence-electron chi connectivity index (χ3n) is 3.10. The number of halogens is 3. The molecule has 3 N–H and O–H groups in total. The lowest BCUT2D eigenvalue weighted by atomic mass is 10.0. The summed E-state index contributed by atoms with van der Waals surface area (Å²) in [6.45, 7) is 3.75. The van der Waals surface area contributed by atoms with Crippen molar-refractivity contribution in [2.75, 3.05) is 11.1 Å². The minimum Gasteiger partial charge on any atom is -0.398 e. The second-order valence-electron chi connectivity index (χ2n) is 4.72. The van der Waals surface area contributed by atoms with Crippen molar-refractivity contribution in [3.8, 4) is 0 Å². The van der Waals surface area contributed by atoms with E-state index in [-0.39, 0.29) is 5.91 Å². The number of anilines is 2. The summed E-state index contributed by atoms with van der Waals surface area (Å²) in [5.74, 6) is -0.301. The molecule has 0 aliphatic carbocycles. The monoisotopic (exact) mass is 386 g/mol. The summed E-state index contributed by atoms with van der Waals surface area (Å²) < 4.78 is 0.742. The minimum absolute atomic E-state index is 0.301. The molecule has 0 unspecified atom stereocenters. The van der Waals surface area contributed by atoms with Crippen molar-refractivity contribution in [2.24, 2.45) is 0 Å². The van der Waals surface area contributed by atoms with Crippen LogP contribution in [-0.4, -0.2) is 5.91 Å². The lowest BCUT2D eigenvalue weighted by Gasteiger charge is -2.13. The maximum Gasteiger partial charge on any atom is 0.256 e. The van der Waals surface area contributed by atoms with Crippen LogP contribution < -0.4 is 11.1 Å². The number of amides is 1. The number of carbonyl (C=O) groups excluding carboxylic acids is 1. The van der Waals surface area contributed by atoms with Crippen molar-refractivity contribution in [2.45, 2.75) is 13.8 Å². The molecule has 2 aromatic rings. The van der Waals surface area contributed by atoms with E-state index >= 15 is 0 Å². The van der Waals surface area contributed by atoms with E-state index in [0.29, 0.717) is 27.0 Å². The summed E-state index contributed by atoms with van der Waals surface area (Å²) >= 11 is 15.5. The number of hydrogen-bond donors (Lipinski definition) is 2. The summed E-state index contributed by atoms with van der Waals surface area (Å²) in [4.78, 5) is 12.4. The number of carbonyl (C=O) groups is 1. The Morgan fingerprint density at radius 2 is 1.67 bits per heavy atom. The first-order valence-corrected chi connectivity index (χ1v) is 7.67. The van der Waals surface area contributed by atoms with Crippen LogP contribution in [0.5, 0.6) is 0 Å². The Kier molecular flexibility index (Phi) is 4.81. The van der Waals surface area contributed by atoms with Crippen LogP contribution in [0.4, 0.5) is 11.4 Å². The van der Waals surface area contributed by atoms with Crippen molar-refractivity contribution in [1.29, 1.82) is 0 Å². The Bertz CT molecular complexity index is 709. The molecule has 2 aromatic carbocycles. The second kappa shape index (κ2) is 6.26. The van der Waals surface area contributed by atoms with Gasteiger partial charge in [0.25, 0.3) is 5.91 Å². The van der Waals surface area contributed by atoms with Gasteiger partial charge in [-0.1, -0.05) is 45.2 Å². The van der Waals surface area contributed by atoms with E-state index in [1.807, 2.05) is 19.9 Å². The quantitative estimate of drug-likeness (QED) is 0.695. The zero-order chi connectivity index (χ0) is 15.7. The highest BCUT2D eigenvalue weighted by atomic mass is 79.9. The molecule has 110 valence electrons. The highest BCUT2D eigenvalue weighted by Crippen LogP contribution is 2.34. The summed E-state index contributed by atoms with van der Waals surface area (Å²) in [5, 5.41) is 3.45. The molecule has 6 heteroatoms. The van der Waals surface area contributed by atoms with Gasteiger partial charge in [0.2, 0.25) is 0 Å². The summed E-state index contributed by atoms with van der Waals surface area (Å²) in [7, 11) is 0. The SMILES string of the molecule is Cc1cc(C)c(C(=O)Nc2c(Cl)cc(Br)cc2Cl)cc1N. The van der Waals surface area contributed by atoms with E-state index in [2.05, 4.69) is 21.2 Å². The van der Waals surface area contributed by atoms with E-state index in [1.54, 1.807) is 18.2 Å². The molecule has 0 atom stereocenters. The lowest BCUT2D eigenvalue weighted by Crippen LogP contribution is -2.15. The minimum atomic E-state index is -0.301. The molecule has 0 spiro atoms.